The molecular weight excluding hydrogens is 374 g/mol. The molecular formula is C22H19NO2S2. The Labute approximate surface area is 166 Å². The van der Waals surface area contributed by atoms with Crippen LogP contribution in [0.1, 0.15) is 18.4 Å². The van der Waals surface area contributed by atoms with Crippen LogP contribution in [0.15, 0.2) is 71.1 Å². The predicted molar refractivity (Wildman–Crippen MR) is 113 cm³/mol. The Morgan fingerprint density at radius 1 is 1.00 bits per heavy atom. The Hall–Kier alpha value is -2.37. The number of hydrogen-bond donors (Lipinski definition) is 0. The van der Waals surface area contributed by atoms with Gasteiger partial charge in [-0.3, -0.25) is 4.79 Å². The van der Waals surface area contributed by atoms with Crippen molar-refractivity contribution in [3.8, 4) is 0 Å². The third-order valence-corrected chi connectivity index (χ3v) is 6.56. The van der Waals surface area contributed by atoms with E-state index >= 15 is 0 Å². The van der Waals surface area contributed by atoms with E-state index in [1.807, 2.05) is 42.5 Å². The van der Waals surface area contributed by atoms with Gasteiger partial charge in [0.25, 0.3) is 0 Å². The van der Waals surface area contributed by atoms with Crippen LogP contribution in [0.3, 0.4) is 0 Å². The lowest BCUT2D eigenvalue weighted by Crippen LogP contribution is -2.05. The van der Waals surface area contributed by atoms with Gasteiger partial charge in [0.15, 0.2) is 4.34 Å². The highest BCUT2D eigenvalue weighted by Crippen LogP contribution is 2.29. The van der Waals surface area contributed by atoms with Gasteiger partial charge in [-0.25, -0.2) is 4.98 Å². The van der Waals surface area contributed by atoms with Gasteiger partial charge in [-0.1, -0.05) is 66.4 Å². The Morgan fingerprint density at radius 3 is 2.74 bits per heavy atom. The molecule has 3 nitrogen and oxygen atoms in total. The second kappa shape index (κ2) is 8.55. The van der Waals surface area contributed by atoms with E-state index in [0.29, 0.717) is 13.0 Å². The van der Waals surface area contributed by atoms with Gasteiger partial charge in [-0.05, 0) is 34.9 Å². The molecule has 0 fully saturated rings. The average Bonchev–Trinajstić information content (AvgIpc) is 3.12. The summed E-state index contributed by atoms with van der Waals surface area (Å²) in [5.74, 6) is 0.719. The van der Waals surface area contributed by atoms with Crippen LogP contribution in [0, 0.1) is 0 Å². The zero-order valence-corrected chi connectivity index (χ0v) is 16.4. The molecule has 5 heteroatoms. The smallest absolute Gasteiger partial charge is 0.306 e. The number of nitrogens with zero attached hydrogens (tertiary/aromatic N) is 1. The Kier molecular flexibility index (Phi) is 5.70. The van der Waals surface area contributed by atoms with E-state index in [0.717, 1.165) is 33.0 Å². The third kappa shape index (κ3) is 4.49. The molecule has 0 aliphatic carbocycles. The van der Waals surface area contributed by atoms with Gasteiger partial charge >= 0.3 is 5.97 Å². The summed E-state index contributed by atoms with van der Waals surface area (Å²) in [4.78, 5) is 16.7. The maximum atomic E-state index is 12.1. The summed E-state index contributed by atoms with van der Waals surface area (Å²) in [5, 5.41) is 2.30. The molecule has 0 unspecified atom stereocenters. The highest BCUT2D eigenvalue weighted by Gasteiger charge is 2.07. The largest absolute Gasteiger partial charge is 0.461 e. The molecule has 1 heterocycles. The van der Waals surface area contributed by atoms with E-state index in [-0.39, 0.29) is 5.97 Å². The zero-order chi connectivity index (χ0) is 18.5. The summed E-state index contributed by atoms with van der Waals surface area (Å²) in [6.07, 6.45) is 1.22. The van der Waals surface area contributed by atoms with Crippen LogP contribution in [0.4, 0.5) is 0 Å². The van der Waals surface area contributed by atoms with E-state index in [9.17, 15) is 4.79 Å². The summed E-state index contributed by atoms with van der Waals surface area (Å²) in [6.45, 7) is 0.325. The number of rotatable bonds is 7. The first-order chi connectivity index (χ1) is 13.3. The van der Waals surface area contributed by atoms with Crippen LogP contribution in [0.25, 0.3) is 21.0 Å². The summed E-state index contributed by atoms with van der Waals surface area (Å²) >= 11 is 3.40. The average molecular weight is 394 g/mol. The minimum atomic E-state index is -0.146. The predicted octanol–water partition coefficient (Wildman–Crippen LogP) is 6.07. The van der Waals surface area contributed by atoms with E-state index in [4.69, 9.17) is 4.74 Å². The van der Waals surface area contributed by atoms with Crippen molar-refractivity contribution in [3.05, 3.63) is 72.3 Å². The maximum Gasteiger partial charge on any atom is 0.306 e. The van der Waals surface area contributed by atoms with Crippen molar-refractivity contribution < 1.29 is 9.53 Å². The highest BCUT2D eigenvalue weighted by atomic mass is 32.2. The van der Waals surface area contributed by atoms with E-state index in [1.165, 1.54) is 10.1 Å². The number of para-hydroxylation sites is 1. The normalized spacial score (nSPS) is 11.1. The van der Waals surface area contributed by atoms with Gasteiger partial charge in [0.05, 0.1) is 10.2 Å². The van der Waals surface area contributed by atoms with Crippen molar-refractivity contribution >= 4 is 50.1 Å². The van der Waals surface area contributed by atoms with E-state index < -0.39 is 0 Å². The SMILES string of the molecule is O=C(CCCSc1nc2ccccc2s1)OCc1cccc2ccccc12. The first-order valence-corrected chi connectivity index (χ1v) is 10.7. The summed E-state index contributed by atoms with van der Waals surface area (Å²) in [5.41, 5.74) is 2.09. The number of carbonyl (C=O) groups excluding carboxylic acids is 1. The summed E-state index contributed by atoms with van der Waals surface area (Å²) in [7, 11) is 0. The summed E-state index contributed by atoms with van der Waals surface area (Å²) < 4.78 is 7.73. The van der Waals surface area contributed by atoms with Crippen LogP contribution in [-0.4, -0.2) is 16.7 Å². The first-order valence-electron chi connectivity index (χ1n) is 8.90. The van der Waals surface area contributed by atoms with Crippen molar-refractivity contribution in [1.29, 1.82) is 0 Å². The number of hydrogen-bond acceptors (Lipinski definition) is 5. The molecule has 0 aliphatic heterocycles. The number of thioether (sulfide) groups is 1. The topological polar surface area (TPSA) is 39.2 Å². The molecule has 0 radical (unpaired) electrons. The van der Waals surface area contributed by atoms with Gasteiger partial charge in [0.2, 0.25) is 0 Å². The molecule has 136 valence electrons. The lowest BCUT2D eigenvalue weighted by atomic mass is 10.1. The number of aromatic nitrogens is 1. The molecule has 0 bridgehead atoms. The number of fused-ring (bicyclic) bond motifs is 2. The van der Waals surface area contributed by atoms with Crippen molar-refractivity contribution in [2.75, 3.05) is 5.75 Å². The van der Waals surface area contributed by atoms with Gasteiger partial charge in [0.1, 0.15) is 6.61 Å². The fourth-order valence-corrected chi connectivity index (χ4v) is 5.02. The molecule has 0 saturated carbocycles. The second-order valence-electron chi connectivity index (χ2n) is 6.20. The number of esters is 1. The number of benzene rings is 3. The van der Waals surface area contributed by atoms with Crippen LogP contribution in [0.5, 0.6) is 0 Å². The standard InChI is InChI=1S/C22H19NO2S2/c24-21(25-15-17-9-5-8-16-7-1-2-10-18(16)17)13-6-14-26-22-23-19-11-3-4-12-20(19)27-22/h1-5,7-12H,6,13-15H2. The number of thiazole rings is 1. The Balaban J connectivity index is 1.24. The summed E-state index contributed by atoms with van der Waals surface area (Å²) in [6, 6.07) is 22.4. The van der Waals surface area contributed by atoms with E-state index in [2.05, 4.69) is 29.2 Å². The quantitative estimate of drug-likeness (QED) is 0.217. The van der Waals surface area contributed by atoms with Gasteiger partial charge in [-0.15, -0.1) is 11.3 Å². The van der Waals surface area contributed by atoms with Crippen LogP contribution < -0.4 is 0 Å². The molecule has 0 atom stereocenters. The maximum absolute atomic E-state index is 12.1. The molecule has 1 aromatic heterocycles. The molecule has 0 saturated heterocycles. The molecule has 27 heavy (non-hydrogen) atoms. The van der Waals surface area contributed by atoms with Crippen molar-refractivity contribution in [2.45, 2.75) is 23.8 Å². The lowest BCUT2D eigenvalue weighted by molar-refractivity contribution is -0.144. The molecule has 3 aromatic carbocycles. The fourth-order valence-electron chi connectivity index (χ4n) is 2.94. The van der Waals surface area contributed by atoms with E-state index in [1.54, 1.807) is 23.1 Å². The first kappa shape index (κ1) is 18.0. The lowest BCUT2D eigenvalue weighted by Gasteiger charge is -2.08. The third-order valence-electron chi connectivity index (χ3n) is 4.29. The monoisotopic (exact) mass is 393 g/mol. The van der Waals surface area contributed by atoms with Crippen LogP contribution in [0.2, 0.25) is 0 Å². The zero-order valence-electron chi connectivity index (χ0n) is 14.8. The van der Waals surface area contributed by atoms with Crippen molar-refractivity contribution in [2.24, 2.45) is 0 Å². The van der Waals surface area contributed by atoms with Crippen LogP contribution in [-0.2, 0) is 16.1 Å². The Bertz CT molecular complexity index is 1040. The molecule has 4 rings (SSSR count). The minimum Gasteiger partial charge on any atom is -0.461 e. The minimum absolute atomic E-state index is 0.146. The fraction of sp³-hybridized carbons (Fsp3) is 0.182. The number of carbonyl (C=O) groups is 1. The van der Waals surface area contributed by atoms with Crippen molar-refractivity contribution in [3.63, 3.8) is 0 Å². The van der Waals surface area contributed by atoms with Crippen LogP contribution >= 0.6 is 23.1 Å². The highest BCUT2D eigenvalue weighted by molar-refractivity contribution is 8.01. The van der Waals surface area contributed by atoms with Gasteiger partial charge < -0.3 is 4.74 Å². The number of ether oxygens (including phenoxy) is 1. The van der Waals surface area contributed by atoms with Gasteiger partial charge in [-0.2, -0.15) is 0 Å². The Morgan fingerprint density at radius 2 is 1.81 bits per heavy atom. The molecule has 4 aromatic rings. The molecule has 0 amide bonds. The molecule has 0 aliphatic rings. The van der Waals surface area contributed by atoms with Crippen molar-refractivity contribution in [1.82, 2.24) is 4.98 Å². The molecule has 0 N–H and O–H groups in total. The molecule has 0 spiro atoms. The second-order valence-corrected chi connectivity index (χ2v) is 8.57. The van der Waals surface area contributed by atoms with Gasteiger partial charge in [0, 0.05) is 12.2 Å².